The molecule has 1 aliphatic rings. The van der Waals surface area contributed by atoms with Crippen molar-refractivity contribution in [3.05, 3.63) is 11.9 Å². The molecule has 0 bridgehead atoms. The van der Waals surface area contributed by atoms with Gasteiger partial charge in [0.25, 0.3) is 0 Å². The van der Waals surface area contributed by atoms with Gasteiger partial charge in [-0.1, -0.05) is 0 Å². The quantitative estimate of drug-likeness (QED) is 0.440. The molecular formula is C9H17N5O. The van der Waals surface area contributed by atoms with E-state index in [-0.39, 0.29) is 11.9 Å². The molecule has 1 heterocycles. The highest BCUT2D eigenvalue weighted by atomic mass is 16.2. The third kappa shape index (κ3) is 2.20. The van der Waals surface area contributed by atoms with Gasteiger partial charge >= 0.3 is 6.03 Å². The van der Waals surface area contributed by atoms with Crippen LogP contribution >= 0.6 is 0 Å². The lowest BCUT2D eigenvalue weighted by Gasteiger charge is -2.18. The van der Waals surface area contributed by atoms with Crippen molar-refractivity contribution in [2.24, 2.45) is 0 Å². The van der Waals surface area contributed by atoms with E-state index in [9.17, 15) is 4.79 Å². The summed E-state index contributed by atoms with van der Waals surface area (Å²) in [6, 6.07) is -0.128. The van der Waals surface area contributed by atoms with Crippen LogP contribution in [0.2, 0.25) is 0 Å². The van der Waals surface area contributed by atoms with Crippen LogP contribution in [0.1, 0.15) is 0 Å². The molecule has 1 saturated heterocycles. The van der Waals surface area contributed by atoms with Crippen LogP contribution < -0.4 is 10.6 Å². The monoisotopic (exact) mass is 211 g/mol. The largest absolute Gasteiger partial charge is 0.392 e. The molecule has 84 valence electrons. The Morgan fingerprint density at radius 3 is 2.53 bits per heavy atom. The molecule has 0 aliphatic carbocycles. The van der Waals surface area contributed by atoms with E-state index in [1.54, 1.807) is 32.2 Å². The van der Waals surface area contributed by atoms with Gasteiger partial charge in [-0.2, -0.15) is 0 Å². The van der Waals surface area contributed by atoms with Gasteiger partial charge in [0.15, 0.2) is 5.84 Å². The van der Waals surface area contributed by atoms with Gasteiger partial charge in [-0.15, -0.1) is 0 Å². The van der Waals surface area contributed by atoms with E-state index in [4.69, 9.17) is 5.41 Å². The normalized spacial score (nSPS) is 17.0. The number of nitrogens with zero attached hydrogens (tertiary/aromatic N) is 2. The molecule has 15 heavy (non-hydrogen) atoms. The lowest BCUT2D eigenvalue weighted by molar-refractivity contribution is 0.213. The van der Waals surface area contributed by atoms with Crippen molar-refractivity contribution in [3.8, 4) is 0 Å². The molecule has 1 fully saturated rings. The summed E-state index contributed by atoms with van der Waals surface area (Å²) in [5, 5.41) is 13.6. The van der Waals surface area contributed by atoms with Crippen LogP contribution in [0.25, 0.3) is 0 Å². The van der Waals surface area contributed by atoms with Gasteiger partial charge in [0, 0.05) is 40.4 Å². The van der Waals surface area contributed by atoms with Gasteiger partial charge in [-0.25, -0.2) is 4.79 Å². The van der Waals surface area contributed by atoms with Gasteiger partial charge in [-0.3, -0.25) is 10.3 Å². The third-order valence-electron chi connectivity index (χ3n) is 2.30. The van der Waals surface area contributed by atoms with Crippen molar-refractivity contribution < 1.29 is 4.79 Å². The van der Waals surface area contributed by atoms with E-state index < -0.39 is 0 Å². The minimum atomic E-state index is -0.128. The van der Waals surface area contributed by atoms with Crippen molar-refractivity contribution in [2.45, 2.75) is 0 Å². The SMILES string of the molecule is CN/C=C(/NC)C(=N)N1CCN(C)C1=O. The molecule has 6 heteroatoms. The van der Waals surface area contributed by atoms with Gasteiger partial charge in [0.1, 0.15) is 0 Å². The Kier molecular flexibility index (Phi) is 3.54. The first-order chi connectivity index (χ1) is 7.11. The number of carbonyl (C=O) groups is 1. The zero-order valence-corrected chi connectivity index (χ0v) is 9.29. The first-order valence-electron chi connectivity index (χ1n) is 4.78. The minimum absolute atomic E-state index is 0.128. The summed E-state index contributed by atoms with van der Waals surface area (Å²) < 4.78 is 0. The molecule has 0 radical (unpaired) electrons. The van der Waals surface area contributed by atoms with Crippen molar-refractivity contribution >= 4 is 11.9 Å². The summed E-state index contributed by atoms with van der Waals surface area (Å²) in [5.41, 5.74) is 0.598. The van der Waals surface area contributed by atoms with E-state index >= 15 is 0 Å². The van der Waals surface area contributed by atoms with Gasteiger partial charge < -0.3 is 15.5 Å². The van der Waals surface area contributed by atoms with E-state index in [0.717, 1.165) is 0 Å². The summed E-state index contributed by atoms with van der Waals surface area (Å²) in [7, 11) is 5.21. The Balaban J connectivity index is 2.76. The molecule has 3 N–H and O–H groups in total. The number of amidine groups is 1. The van der Waals surface area contributed by atoms with Crippen LogP contribution in [-0.2, 0) is 0 Å². The lowest BCUT2D eigenvalue weighted by Crippen LogP contribution is -2.38. The van der Waals surface area contributed by atoms with E-state index in [0.29, 0.717) is 18.8 Å². The maximum absolute atomic E-state index is 11.6. The molecule has 0 aromatic rings. The number of amides is 2. The molecule has 0 aromatic heterocycles. The minimum Gasteiger partial charge on any atom is -0.392 e. The number of hydrogen-bond acceptors (Lipinski definition) is 4. The van der Waals surface area contributed by atoms with Crippen molar-refractivity contribution in [2.75, 3.05) is 34.2 Å². The summed E-state index contributed by atoms with van der Waals surface area (Å²) in [5.74, 6) is 0.196. The maximum atomic E-state index is 11.6. The average molecular weight is 211 g/mol. The third-order valence-corrected chi connectivity index (χ3v) is 2.30. The van der Waals surface area contributed by atoms with Crippen molar-refractivity contribution in [1.29, 1.82) is 5.41 Å². The predicted octanol–water partition coefficient (Wildman–Crippen LogP) is -0.389. The number of urea groups is 1. The molecular weight excluding hydrogens is 194 g/mol. The first kappa shape index (κ1) is 11.4. The average Bonchev–Trinajstić information content (AvgIpc) is 2.55. The highest BCUT2D eigenvalue weighted by molar-refractivity contribution is 6.05. The van der Waals surface area contributed by atoms with Gasteiger partial charge in [-0.05, 0) is 0 Å². The van der Waals surface area contributed by atoms with E-state index in [2.05, 4.69) is 10.6 Å². The Morgan fingerprint density at radius 2 is 2.13 bits per heavy atom. The molecule has 6 nitrogen and oxygen atoms in total. The number of carbonyl (C=O) groups excluding carboxylic acids is 1. The smallest absolute Gasteiger partial charge is 0.325 e. The molecule has 0 unspecified atom stereocenters. The standard InChI is InChI=1S/C9H17N5O/c1-11-6-7(12-2)8(10)14-5-4-13(3)9(14)15/h6,10-12H,4-5H2,1-3H3/b7-6+,10-8?. The fraction of sp³-hybridized carbons (Fsp3) is 0.556. The molecule has 1 rings (SSSR count). The molecule has 0 saturated carbocycles. The summed E-state index contributed by atoms with van der Waals surface area (Å²) in [6.45, 7) is 1.23. The first-order valence-corrected chi connectivity index (χ1v) is 4.78. The second-order valence-corrected chi connectivity index (χ2v) is 3.30. The van der Waals surface area contributed by atoms with Crippen LogP contribution in [-0.4, -0.2) is 55.9 Å². The number of likely N-dealkylation sites (N-methyl/N-ethyl adjacent to an activating group) is 2. The van der Waals surface area contributed by atoms with E-state index in [1.165, 1.54) is 4.90 Å². The zero-order chi connectivity index (χ0) is 11.4. The van der Waals surface area contributed by atoms with Gasteiger partial charge in [0.05, 0.1) is 5.70 Å². The molecule has 2 amide bonds. The Labute approximate surface area is 89.4 Å². The fourth-order valence-electron chi connectivity index (χ4n) is 1.40. The van der Waals surface area contributed by atoms with Crippen LogP contribution in [0.15, 0.2) is 11.9 Å². The summed E-state index contributed by atoms with van der Waals surface area (Å²) in [4.78, 5) is 14.6. The highest BCUT2D eigenvalue weighted by Gasteiger charge is 2.29. The molecule has 1 aliphatic heterocycles. The summed E-state index contributed by atoms with van der Waals surface area (Å²) >= 11 is 0. The van der Waals surface area contributed by atoms with Crippen molar-refractivity contribution in [3.63, 3.8) is 0 Å². The Hall–Kier alpha value is -1.72. The Bertz CT molecular complexity index is 299. The van der Waals surface area contributed by atoms with Crippen LogP contribution in [0.4, 0.5) is 4.79 Å². The second kappa shape index (κ2) is 4.68. The number of hydrogen-bond donors (Lipinski definition) is 3. The van der Waals surface area contributed by atoms with Crippen molar-refractivity contribution in [1.82, 2.24) is 20.4 Å². The van der Waals surface area contributed by atoms with Crippen LogP contribution in [0, 0.1) is 5.41 Å². The van der Waals surface area contributed by atoms with E-state index in [1.807, 2.05) is 0 Å². The predicted molar refractivity (Wildman–Crippen MR) is 58.7 cm³/mol. The van der Waals surface area contributed by atoms with Crippen LogP contribution in [0.3, 0.4) is 0 Å². The molecule has 0 atom stereocenters. The number of rotatable bonds is 3. The topological polar surface area (TPSA) is 71.5 Å². The van der Waals surface area contributed by atoms with Crippen LogP contribution in [0.5, 0.6) is 0 Å². The Morgan fingerprint density at radius 1 is 1.47 bits per heavy atom. The second-order valence-electron chi connectivity index (χ2n) is 3.30. The number of nitrogens with one attached hydrogen (secondary N) is 3. The van der Waals surface area contributed by atoms with Gasteiger partial charge in [0.2, 0.25) is 0 Å². The summed E-state index contributed by atoms with van der Waals surface area (Å²) in [6.07, 6.45) is 1.66. The molecule has 0 aromatic carbocycles. The highest BCUT2D eigenvalue weighted by Crippen LogP contribution is 2.09. The molecule has 0 spiro atoms. The maximum Gasteiger partial charge on any atom is 0.325 e. The fourth-order valence-corrected chi connectivity index (χ4v) is 1.40. The zero-order valence-electron chi connectivity index (χ0n) is 9.29. The lowest BCUT2D eigenvalue weighted by atomic mass is 10.4.